The average molecular weight is 775 g/mol. The predicted octanol–water partition coefficient (Wildman–Crippen LogP) is 9.84. The van der Waals surface area contributed by atoms with Gasteiger partial charge in [0.15, 0.2) is 0 Å². The number of aliphatic carboxylic acids is 2. The summed E-state index contributed by atoms with van der Waals surface area (Å²) in [7, 11) is 0. The average Bonchev–Trinajstić information content (AvgIpc) is 3.66. The number of ether oxygens (including phenoxy) is 3. The molecular formula is C44H70O11. The van der Waals surface area contributed by atoms with Crippen molar-refractivity contribution in [3.63, 3.8) is 0 Å². The normalized spacial score (nSPS) is 19.6. The number of esters is 4. The van der Waals surface area contributed by atoms with Gasteiger partial charge in [0.25, 0.3) is 0 Å². The zero-order chi connectivity index (χ0) is 40.3. The zero-order valence-corrected chi connectivity index (χ0v) is 33.7. The summed E-state index contributed by atoms with van der Waals surface area (Å²) < 4.78 is 16.9. The third kappa shape index (κ3) is 21.5. The minimum absolute atomic E-state index is 0.0812. The second-order valence-electron chi connectivity index (χ2n) is 15.6. The van der Waals surface area contributed by atoms with Crippen LogP contribution in [0.15, 0.2) is 24.3 Å². The minimum Gasteiger partial charge on any atom is -0.481 e. The van der Waals surface area contributed by atoms with Crippen molar-refractivity contribution in [2.24, 2.45) is 23.7 Å². The number of carboxylic acids is 2. The van der Waals surface area contributed by atoms with E-state index in [1.54, 1.807) is 0 Å². The number of allylic oxidation sites excluding steroid dienone is 4. The molecule has 0 radical (unpaired) electrons. The smallest absolute Gasteiger partial charge is 0.317 e. The first kappa shape index (κ1) is 47.8. The molecule has 6 atom stereocenters. The van der Waals surface area contributed by atoms with Gasteiger partial charge >= 0.3 is 35.8 Å². The lowest BCUT2D eigenvalue weighted by Crippen LogP contribution is -2.26. The molecule has 0 bridgehead atoms. The van der Waals surface area contributed by atoms with E-state index < -0.39 is 47.7 Å². The molecule has 0 spiro atoms. The molecule has 0 aromatic rings. The molecular weight excluding hydrogens is 704 g/mol. The van der Waals surface area contributed by atoms with Crippen molar-refractivity contribution in [3.05, 3.63) is 24.3 Å². The molecule has 0 amide bonds. The van der Waals surface area contributed by atoms with Crippen LogP contribution in [0.2, 0.25) is 0 Å². The topological polar surface area (TPSA) is 171 Å². The molecule has 2 heterocycles. The fraction of sp³-hybridized carbons (Fsp3) is 0.773. The third-order valence-electron chi connectivity index (χ3n) is 10.9. The van der Waals surface area contributed by atoms with Gasteiger partial charge in [-0.1, -0.05) is 115 Å². The quantitative estimate of drug-likeness (QED) is 0.0276. The fourth-order valence-corrected chi connectivity index (χ4v) is 7.63. The predicted molar refractivity (Wildman–Crippen MR) is 210 cm³/mol. The summed E-state index contributed by atoms with van der Waals surface area (Å²) in [5, 5.41) is 18.0. The molecule has 0 aliphatic carbocycles. The molecule has 0 saturated carbocycles. The van der Waals surface area contributed by atoms with Gasteiger partial charge < -0.3 is 24.4 Å². The highest BCUT2D eigenvalue weighted by molar-refractivity contribution is 5.95. The molecule has 0 aromatic heterocycles. The summed E-state index contributed by atoms with van der Waals surface area (Å²) >= 11 is 0. The van der Waals surface area contributed by atoms with E-state index in [9.17, 15) is 28.8 Å². The summed E-state index contributed by atoms with van der Waals surface area (Å²) in [6.45, 7) is 4.26. The Labute approximate surface area is 329 Å². The number of carbonyl (C=O) groups is 6. The molecule has 55 heavy (non-hydrogen) atoms. The van der Waals surface area contributed by atoms with Crippen LogP contribution >= 0.6 is 0 Å². The Balaban J connectivity index is 2.24. The van der Waals surface area contributed by atoms with Crippen molar-refractivity contribution in [2.75, 3.05) is 0 Å². The molecule has 312 valence electrons. The summed E-state index contributed by atoms with van der Waals surface area (Å²) in [5.41, 5.74) is 0. The molecule has 2 fully saturated rings. The number of unbranched alkanes of at least 4 members (excludes halogenated alkanes) is 12. The molecule has 2 aliphatic rings. The maximum Gasteiger partial charge on any atom is 0.317 e. The monoisotopic (exact) mass is 774 g/mol. The summed E-state index contributed by atoms with van der Waals surface area (Å²) in [6, 6.07) is 0. The molecule has 11 heteroatoms. The lowest BCUT2D eigenvalue weighted by molar-refractivity contribution is -0.155. The van der Waals surface area contributed by atoms with E-state index in [0.29, 0.717) is 38.5 Å². The first-order chi connectivity index (χ1) is 26.5. The van der Waals surface area contributed by atoms with Gasteiger partial charge in [-0.2, -0.15) is 0 Å². The Morgan fingerprint density at radius 3 is 1.31 bits per heavy atom. The van der Waals surface area contributed by atoms with Crippen LogP contribution in [0.5, 0.6) is 0 Å². The van der Waals surface area contributed by atoms with Crippen molar-refractivity contribution in [2.45, 2.75) is 193 Å². The Kier molecular flexibility index (Phi) is 25.2. The maximum atomic E-state index is 12.7. The second kappa shape index (κ2) is 29.0. The molecule has 2 rings (SSSR count). The highest BCUT2D eigenvalue weighted by Crippen LogP contribution is 2.34. The van der Waals surface area contributed by atoms with Gasteiger partial charge in [0, 0.05) is 12.8 Å². The van der Waals surface area contributed by atoms with Gasteiger partial charge in [-0.3, -0.25) is 28.8 Å². The first-order valence-corrected chi connectivity index (χ1v) is 21.4. The highest BCUT2D eigenvalue weighted by atomic mass is 16.6. The van der Waals surface area contributed by atoms with Gasteiger partial charge in [0.1, 0.15) is 0 Å². The van der Waals surface area contributed by atoms with Gasteiger partial charge in [-0.25, -0.2) is 0 Å². The van der Waals surface area contributed by atoms with E-state index in [4.69, 9.17) is 24.4 Å². The maximum absolute atomic E-state index is 12.7. The largest absolute Gasteiger partial charge is 0.481 e. The van der Waals surface area contributed by atoms with Crippen molar-refractivity contribution in [3.8, 4) is 0 Å². The SMILES string of the molecule is CCCCC=CC(CCC(CCCCCCCC(=O)O)OC(CCCCCCCC(=O)O)CCC(C=CCCCC)C1CC(=O)OC1=O)C1CC(=O)OC1=O. The first-order valence-electron chi connectivity index (χ1n) is 21.4. The molecule has 2 saturated heterocycles. The summed E-state index contributed by atoms with van der Waals surface area (Å²) in [4.78, 5) is 71.5. The van der Waals surface area contributed by atoms with Gasteiger partial charge in [-0.05, 0) is 76.0 Å². The van der Waals surface area contributed by atoms with Crippen LogP contribution in [0.3, 0.4) is 0 Å². The Hall–Kier alpha value is -3.34. The Bertz CT molecular complexity index is 1130. The van der Waals surface area contributed by atoms with Crippen molar-refractivity contribution in [1.29, 1.82) is 0 Å². The number of carbonyl (C=O) groups excluding carboxylic acids is 4. The van der Waals surface area contributed by atoms with Crippen LogP contribution < -0.4 is 0 Å². The zero-order valence-electron chi connectivity index (χ0n) is 33.7. The van der Waals surface area contributed by atoms with Crippen LogP contribution in [0.1, 0.15) is 181 Å². The van der Waals surface area contributed by atoms with Gasteiger partial charge in [0.05, 0.1) is 36.9 Å². The Morgan fingerprint density at radius 2 is 0.964 bits per heavy atom. The minimum atomic E-state index is -0.777. The van der Waals surface area contributed by atoms with Gasteiger partial charge in [-0.15, -0.1) is 0 Å². The van der Waals surface area contributed by atoms with Crippen molar-refractivity contribution >= 4 is 35.8 Å². The molecule has 11 nitrogen and oxygen atoms in total. The summed E-state index contributed by atoms with van der Waals surface area (Å²) in [5.74, 6) is -4.75. The van der Waals surface area contributed by atoms with E-state index in [1.807, 2.05) is 0 Å². The molecule has 2 N–H and O–H groups in total. The van der Waals surface area contributed by atoms with Crippen LogP contribution in [0.4, 0.5) is 0 Å². The van der Waals surface area contributed by atoms with E-state index in [2.05, 4.69) is 38.2 Å². The number of hydrogen-bond donors (Lipinski definition) is 2. The van der Waals surface area contributed by atoms with Crippen LogP contribution in [0, 0.1) is 23.7 Å². The second-order valence-corrected chi connectivity index (χ2v) is 15.6. The lowest BCUT2D eigenvalue weighted by atomic mass is 9.84. The standard InChI is InChI=1S/C44H70O11/c1-3-5-7-15-21-33(37-31-41(49)54-43(37)51)27-29-35(23-17-11-9-13-19-25-39(45)46)53-36(24-18-12-10-14-20-26-40(47)48)30-28-34(22-16-8-6-4-2)38-32-42(50)55-44(38)52/h15-16,21-22,33-38H,3-14,17-20,23-32H2,1-2H3,(H,45,46)(H,47,48). The number of cyclic esters (lactones) is 4. The lowest BCUT2D eigenvalue weighted by Gasteiger charge is -2.28. The van der Waals surface area contributed by atoms with Crippen LogP contribution in [-0.4, -0.2) is 58.2 Å². The molecule has 2 aliphatic heterocycles. The number of carboxylic acid groups (broad SMARTS) is 2. The van der Waals surface area contributed by atoms with Crippen molar-refractivity contribution in [1.82, 2.24) is 0 Å². The van der Waals surface area contributed by atoms with E-state index in [-0.39, 0.29) is 49.7 Å². The molecule has 0 aromatic carbocycles. The van der Waals surface area contributed by atoms with Gasteiger partial charge in [0.2, 0.25) is 0 Å². The van der Waals surface area contributed by atoms with E-state index >= 15 is 0 Å². The third-order valence-corrected chi connectivity index (χ3v) is 10.9. The van der Waals surface area contributed by atoms with E-state index in [0.717, 1.165) is 103 Å². The fourth-order valence-electron chi connectivity index (χ4n) is 7.63. The number of rotatable bonds is 34. The van der Waals surface area contributed by atoms with Crippen LogP contribution in [0.25, 0.3) is 0 Å². The van der Waals surface area contributed by atoms with Crippen LogP contribution in [-0.2, 0) is 43.0 Å². The summed E-state index contributed by atoms with van der Waals surface area (Å²) in [6.07, 6.45) is 27.6. The molecule has 6 unspecified atom stereocenters. The van der Waals surface area contributed by atoms with E-state index in [1.165, 1.54) is 0 Å². The highest BCUT2D eigenvalue weighted by Gasteiger charge is 2.39. The van der Waals surface area contributed by atoms with Crippen molar-refractivity contribution < 1.29 is 53.2 Å². The number of hydrogen-bond acceptors (Lipinski definition) is 9. The Morgan fingerprint density at radius 1 is 0.582 bits per heavy atom.